The maximum Gasteiger partial charge on any atom is 0.262 e. The maximum atomic E-state index is 13.1. The van der Waals surface area contributed by atoms with E-state index in [2.05, 4.69) is 19.2 Å². The van der Waals surface area contributed by atoms with E-state index < -0.39 is 33.6 Å². The third-order valence-electron chi connectivity index (χ3n) is 5.56. The van der Waals surface area contributed by atoms with Gasteiger partial charge in [-0.1, -0.05) is 38.1 Å². The average Bonchev–Trinajstić information content (AvgIpc) is 2.98. The van der Waals surface area contributed by atoms with Gasteiger partial charge in [-0.05, 0) is 48.6 Å². The van der Waals surface area contributed by atoms with Crippen molar-refractivity contribution in [3.8, 4) is 0 Å². The Morgan fingerprint density at radius 3 is 2.03 bits per heavy atom. The number of carbonyl (C=O) groups is 3. The predicted molar refractivity (Wildman–Crippen MR) is 119 cm³/mol. The van der Waals surface area contributed by atoms with Crippen molar-refractivity contribution in [3.05, 3.63) is 65.2 Å². The van der Waals surface area contributed by atoms with E-state index in [-0.39, 0.29) is 23.3 Å². The van der Waals surface area contributed by atoms with Gasteiger partial charge in [0.2, 0.25) is 5.91 Å². The third kappa shape index (κ3) is 5.02. The van der Waals surface area contributed by atoms with Gasteiger partial charge in [-0.15, -0.1) is 0 Å². The lowest BCUT2D eigenvalue weighted by atomic mass is 9.98. The third-order valence-corrected chi connectivity index (χ3v) is 6.54. The van der Waals surface area contributed by atoms with Crippen LogP contribution in [0.5, 0.6) is 0 Å². The standard InChI is InChI=1S/C23H26N2O5S/c1-4-15(2)16-9-11-17(12-10-16)24-21(26)20(13-14-31(3,29)30)25-22(27)18-7-5-6-8-19(18)23(25)28/h5-12,15,20H,4,13-14H2,1-3H3,(H,24,26). The largest absolute Gasteiger partial charge is 0.324 e. The van der Waals surface area contributed by atoms with Gasteiger partial charge in [0.15, 0.2) is 0 Å². The van der Waals surface area contributed by atoms with E-state index in [0.717, 1.165) is 23.1 Å². The summed E-state index contributed by atoms with van der Waals surface area (Å²) in [6.45, 7) is 4.20. The molecule has 31 heavy (non-hydrogen) atoms. The normalized spacial score (nSPS) is 15.5. The first-order chi connectivity index (χ1) is 14.6. The van der Waals surface area contributed by atoms with Crippen LogP contribution in [-0.2, 0) is 14.6 Å². The number of amides is 3. The van der Waals surface area contributed by atoms with Crippen LogP contribution in [0.3, 0.4) is 0 Å². The molecule has 8 heteroatoms. The Labute approximate surface area is 182 Å². The fourth-order valence-corrected chi connectivity index (χ4v) is 4.20. The number of fused-ring (bicyclic) bond motifs is 1. The summed E-state index contributed by atoms with van der Waals surface area (Å²) in [6.07, 6.45) is 1.86. The van der Waals surface area contributed by atoms with Crippen LogP contribution >= 0.6 is 0 Å². The molecule has 1 aliphatic heterocycles. The maximum absolute atomic E-state index is 13.1. The van der Waals surface area contributed by atoms with Crippen molar-refractivity contribution in [2.24, 2.45) is 0 Å². The second-order valence-corrected chi connectivity index (χ2v) is 10.1. The minimum absolute atomic E-state index is 0.179. The topological polar surface area (TPSA) is 101 Å². The van der Waals surface area contributed by atoms with Crippen molar-refractivity contribution < 1.29 is 22.8 Å². The number of hydrogen-bond acceptors (Lipinski definition) is 5. The first-order valence-corrected chi connectivity index (χ1v) is 12.2. The second-order valence-electron chi connectivity index (χ2n) is 7.88. The Kier molecular flexibility index (Phi) is 6.59. The molecule has 0 spiro atoms. The molecule has 0 aliphatic carbocycles. The summed E-state index contributed by atoms with van der Waals surface area (Å²) in [5.74, 6) is -1.74. The number of rotatable bonds is 8. The van der Waals surface area contributed by atoms with Crippen molar-refractivity contribution in [1.82, 2.24) is 4.90 Å². The summed E-state index contributed by atoms with van der Waals surface area (Å²) in [4.78, 5) is 39.7. The highest BCUT2D eigenvalue weighted by Gasteiger charge is 2.42. The number of benzene rings is 2. The zero-order chi connectivity index (χ0) is 22.8. The van der Waals surface area contributed by atoms with E-state index in [1.54, 1.807) is 24.3 Å². The molecule has 164 valence electrons. The second kappa shape index (κ2) is 9.01. The molecule has 3 rings (SSSR count). The molecule has 7 nitrogen and oxygen atoms in total. The van der Waals surface area contributed by atoms with Gasteiger partial charge in [-0.3, -0.25) is 19.3 Å². The van der Waals surface area contributed by atoms with E-state index in [1.165, 1.54) is 12.1 Å². The minimum atomic E-state index is -3.40. The van der Waals surface area contributed by atoms with Crippen LogP contribution < -0.4 is 5.32 Å². The lowest BCUT2D eigenvalue weighted by Crippen LogP contribution is -2.48. The number of nitrogens with one attached hydrogen (secondary N) is 1. The molecular formula is C23H26N2O5S. The molecule has 1 N–H and O–H groups in total. The van der Waals surface area contributed by atoms with Crippen LogP contribution in [0.25, 0.3) is 0 Å². The molecule has 0 aromatic heterocycles. The van der Waals surface area contributed by atoms with Gasteiger partial charge in [0.25, 0.3) is 11.8 Å². The molecule has 1 heterocycles. The lowest BCUT2D eigenvalue weighted by Gasteiger charge is -2.25. The number of hydrogen-bond donors (Lipinski definition) is 1. The molecule has 2 unspecified atom stereocenters. The van der Waals surface area contributed by atoms with Gasteiger partial charge >= 0.3 is 0 Å². The van der Waals surface area contributed by atoms with Gasteiger partial charge in [0.05, 0.1) is 16.9 Å². The van der Waals surface area contributed by atoms with Crippen LogP contribution in [0.4, 0.5) is 5.69 Å². The number of nitrogens with zero attached hydrogens (tertiary/aromatic N) is 1. The Morgan fingerprint density at radius 2 is 1.55 bits per heavy atom. The molecule has 0 saturated heterocycles. The van der Waals surface area contributed by atoms with Gasteiger partial charge < -0.3 is 5.32 Å². The van der Waals surface area contributed by atoms with Gasteiger partial charge in [-0.2, -0.15) is 0 Å². The van der Waals surface area contributed by atoms with Gasteiger partial charge in [-0.25, -0.2) is 8.42 Å². The summed E-state index contributed by atoms with van der Waals surface area (Å²) in [5.41, 5.74) is 2.07. The number of sulfone groups is 1. The van der Waals surface area contributed by atoms with Crippen molar-refractivity contribution in [3.63, 3.8) is 0 Å². The van der Waals surface area contributed by atoms with Crippen molar-refractivity contribution in [1.29, 1.82) is 0 Å². The molecule has 2 aromatic rings. The van der Waals surface area contributed by atoms with E-state index in [0.29, 0.717) is 11.6 Å². The lowest BCUT2D eigenvalue weighted by molar-refractivity contribution is -0.120. The van der Waals surface area contributed by atoms with E-state index >= 15 is 0 Å². The zero-order valence-electron chi connectivity index (χ0n) is 17.8. The Balaban J connectivity index is 1.86. The average molecular weight is 443 g/mol. The Bertz CT molecular complexity index is 1070. The molecule has 2 aromatic carbocycles. The fraction of sp³-hybridized carbons (Fsp3) is 0.348. The van der Waals surface area contributed by atoms with Crippen LogP contribution in [-0.4, -0.2) is 49.1 Å². The molecular weight excluding hydrogens is 416 g/mol. The highest BCUT2D eigenvalue weighted by molar-refractivity contribution is 7.90. The molecule has 0 fully saturated rings. The summed E-state index contributed by atoms with van der Waals surface area (Å²) in [7, 11) is -3.40. The summed E-state index contributed by atoms with van der Waals surface area (Å²) < 4.78 is 23.4. The molecule has 1 aliphatic rings. The van der Waals surface area contributed by atoms with E-state index in [4.69, 9.17) is 0 Å². The Hall–Kier alpha value is -3.00. The number of imide groups is 1. The monoisotopic (exact) mass is 442 g/mol. The smallest absolute Gasteiger partial charge is 0.262 e. The molecule has 0 radical (unpaired) electrons. The molecule has 2 atom stereocenters. The first-order valence-electron chi connectivity index (χ1n) is 10.2. The van der Waals surface area contributed by atoms with Crippen molar-refractivity contribution in [2.75, 3.05) is 17.3 Å². The summed E-state index contributed by atoms with van der Waals surface area (Å²) in [6, 6.07) is 12.4. The summed E-state index contributed by atoms with van der Waals surface area (Å²) in [5, 5.41) is 2.73. The molecule has 3 amide bonds. The fourth-order valence-electron chi connectivity index (χ4n) is 3.55. The van der Waals surface area contributed by atoms with Crippen LogP contribution in [0.15, 0.2) is 48.5 Å². The van der Waals surface area contributed by atoms with Gasteiger partial charge in [0, 0.05) is 11.9 Å². The zero-order valence-corrected chi connectivity index (χ0v) is 18.6. The quantitative estimate of drug-likeness (QED) is 0.633. The Morgan fingerprint density at radius 1 is 1.00 bits per heavy atom. The first kappa shape index (κ1) is 22.7. The number of anilines is 1. The van der Waals surface area contributed by atoms with E-state index in [1.807, 2.05) is 12.1 Å². The van der Waals surface area contributed by atoms with Crippen LogP contribution in [0.2, 0.25) is 0 Å². The van der Waals surface area contributed by atoms with E-state index in [9.17, 15) is 22.8 Å². The highest BCUT2D eigenvalue weighted by atomic mass is 32.2. The number of carbonyl (C=O) groups excluding carboxylic acids is 3. The molecule has 0 bridgehead atoms. The molecule has 0 saturated carbocycles. The van der Waals surface area contributed by atoms with Crippen LogP contribution in [0.1, 0.15) is 58.9 Å². The predicted octanol–water partition coefficient (Wildman–Crippen LogP) is 3.24. The van der Waals surface area contributed by atoms with Crippen molar-refractivity contribution in [2.45, 2.75) is 38.6 Å². The summed E-state index contributed by atoms with van der Waals surface area (Å²) >= 11 is 0. The van der Waals surface area contributed by atoms with Gasteiger partial charge in [0.1, 0.15) is 15.9 Å². The minimum Gasteiger partial charge on any atom is -0.324 e. The van der Waals surface area contributed by atoms with Crippen molar-refractivity contribution >= 4 is 33.2 Å². The highest BCUT2D eigenvalue weighted by Crippen LogP contribution is 2.27. The SMILES string of the molecule is CCC(C)c1ccc(NC(=O)C(CCS(C)(=O)=O)N2C(=O)c3ccccc3C2=O)cc1. The van der Waals surface area contributed by atoms with Crippen LogP contribution in [0, 0.1) is 0 Å².